The van der Waals surface area contributed by atoms with Crippen molar-refractivity contribution in [2.75, 3.05) is 25.9 Å². The molecule has 0 spiro atoms. The van der Waals surface area contributed by atoms with Gasteiger partial charge in [0.1, 0.15) is 0 Å². The summed E-state index contributed by atoms with van der Waals surface area (Å²) in [6, 6.07) is -0.0275. The van der Waals surface area contributed by atoms with E-state index in [-0.39, 0.29) is 18.0 Å². The van der Waals surface area contributed by atoms with Crippen molar-refractivity contribution in [1.29, 1.82) is 0 Å². The monoisotopic (exact) mass is 277 g/mol. The molecule has 1 unspecified atom stereocenters. The average molecular weight is 277 g/mol. The van der Waals surface area contributed by atoms with Crippen LogP contribution in [0, 0.1) is 0 Å². The minimum atomic E-state index is -3.08. The second-order valence-electron chi connectivity index (χ2n) is 4.72. The molecule has 6 nitrogen and oxygen atoms in total. The van der Waals surface area contributed by atoms with Gasteiger partial charge in [-0.15, -0.1) is 0 Å². The van der Waals surface area contributed by atoms with Crippen molar-refractivity contribution < 1.29 is 13.2 Å². The first-order valence-corrected chi connectivity index (χ1v) is 8.18. The molecular weight excluding hydrogens is 254 g/mol. The fourth-order valence-electron chi connectivity index (χ4n) is 2.11. The molecule has 0 aromatic heterocycles. The highest BCUT2D eigenvalue weighted by Crippen LogP contribution is 2.13. The van der Waals surface area contributed by atoms with Crippen molar-refractivity contribution in [1.82, 2.24) is 14.9 Å². The van der Waals surface area contributed by atoms with E-state index in [1.807, 2.05) is 13.8 Å². The van der Waals surface area contributed by atoms with Crippen molar-refractivity contribution >= 4 is 15.9 Å². The van der Waals surface area contributed by atoms with E-state index in [2.05, 4.69) is 10.6 Å². The second kappa shape index (κ2) is 6.49. The Balaban J connectivity index is 2.38. The van der Waals surface area contributed by atoms with Crippen LogP contribution in [0.3, 0.4) is 0 Å². The molecule has 0 saturated carbocycles. The standard InChI is InChI=1S/C11H23N3O3S/c1-4-12-11(15)9(2)13-10-5-7-14(8-6-10)18(3,16)17/h9-10,13H,4-8H2,1-3H3,(H,12,15). The zero-order chi connectivity index (χ0) is 13.8. The third-order valence-corrected chi connectivity index (χ3v) is 4.46. The highest BCUT2D eigenvalue weighted by atomic mass is 32.2. The van der Waals surface area contributed by atoms with Gasteiger partial charge in [0, 0.05) is 25.7 Å². The van der Waals surface area contributed by atoms with Gasteiger partial charge in [-0.3, -0.25) is 4.79 Å². The number of carbonyl (C=O) groups excluding carboxylic acids is 1. The smallest absolute Gasteiger partial charge is 0.236 e. The summed E-state index contributed by atoms with van der Waals surface area (Å²) >= 11 is 0. The molecule has 106 valence electrons. The van der Waals surface area contributed by atoms with E-state index in [9.17, 15) is 13.2 Å². The van der Waals surface area contributed by atoms with E-state index < -0.39 is 10.0 Å². The van der Waals surface area contributed by atoms with Crippen LogP contribution in [0.2, 0.25) is 0 Å². The highest BCUT2D eigenvalue weighted by molar-refractivity contribution is 7.88. The fraction of sp³-hybridized carbons (Fsp3) is 0.909. The Morgan fingerprint density at radius 2 is 1.94 bits per heavy atom. The predicted octanol–water partition coefficient (Wildman–Crippen LogP) is -0.475. The first-order valence-electron chi connectivity index (χ1n) is 6.33. The first-order chi connectivity index (χ1) is 8.34. The number of nitrogens with zero attached hydrogens (tertiary/aromatic N) is 1. The highest BCUT2D eigenvalue weighted by Gasteiger charge is 2.26. The number of likely N-dealkylation sites (N-methyl/N-ethyl adjacent to an activating group) is 1. The lowest BCUT2D eigenvalue weighted by Gasteiger charge is -2.32. The van der Waals surface area contributed by atoms with Gasteiger partial charge in [-0.2, -0.15) is 0 Å². The number of nitrogens with one attached hydrogen (secondary N) is 2. The molecule has 0 radical (unpaired) electrons. The van der Waals surface area contributed by atoms with Crippen molar-refractivity contribution in [2.45, 2.75) is 38.8 Å². The fourth-order valence-corrected chi connectivity index (χ4v) is 2.98. The van der Waals surface area contributed by atoms with E-state index in [0.29, 0.717) is 19.6 Å². The van der Waals surface area contributed by atoms with E-state index in [1.54, 1.807) is 0 Å². The summed E-state index contributed by atoms with van der Waals surface area (Å²) in [7, 11) is -3.08. The molecule has 0 aromatic carbocycles. The Hall–Kier alpha value is -0.660. The van der Waals surface area contributed by atoms with Gasteiger partial charge in [0.05, 0.1) is 12.3 Å². The van der Waals surface area contributed by atoms with Crippen LogP contribution in [0.25, 0.3) is 0 Å². The van der Waals surface area contributed by atoms with Gasteiger partial charge in [0.15, 0.2) is 0 Å². The van der Waals surface area contributed by atoms with Gasteiger partial charge in [-0.25, -0.2) is 12.7 Å². The summed E-state index contributed by atoms with van der Waals surface area (Å²) in [4.78, 5) is 11.6. The molecule has 7 heteroatoms. The van der Waals surface area contributed by atoms with Gasteiger partial charge in [0.25, 0.3) is 0 Å². The molecule has 2 N–H and O–H groups in total. The van der Waals surface area contributed by atoms with Gasteiger partial charge in [-0.05, 0) is 26.7 Å². The molecule has 0 bridgehead atoms. The Morgan fingerprint density at radius 3 is 2.39 bits per heavy atom. The van der Waals surface area contributed by atoms with Crippen LogP contribution in [0.4, 0.5) is 0 Å². The molecule has 1 amide bonds. The minimum absolute atomic E-state index is 0.0111. The van der Waals surface area contributed by atoms with Crippen LogP contribution in [0.1, 0.15) is 26.7 Å². The molecule has 1 saturated heterocycles. The van der Waals surface area contributed by atoms with Crippen LogP contribution in [0.15, 0.2) is 0 Å². The first kappa shape index (κ1) is 15.4. The quantitative estimate of drug-likeness (QED) is 0.712. The van der Waals surface area contributed by atoms with E-state index >= 15 is 0 Å². The summed E-state index contributed by atoms with van der Waals surface area (Å²) in [5.41, 5.74) is 0. The largest absolute Gasteiger partial charge is 0.355 e. The number of piperidine rings is 1. The molecule has 1 aliphatic rings. The van der Waals surface area contributed by atoms with Crippen LogP contribution >= 0.6 is 0 Å². The van der Waals surface area contributed by atoms with Crippen LogP contribution in [0.5, 0.6) is 0 Å². The minimum Gasteiger partial charge on any atom is -0.355 e. The second-order valence-corrected chi connectivity index (χ2v) is 6.70. The van der Waals surface area contributed by atoms with Crippen LogP contribution < -0.4 is 10.6 Å². The number of amides is 1. The summed E-state index contributed by atoms with van der Waals surface area (Å²) in [5, 5.41) is 6.00. The normalized spacial score (nSPS) is 20.6. The van der Waals surface area contributed by atoms with Gasteiger partial charge in [-0.1, -0.05) is 0 Å². The lowest BCUT2D eigenvalue weighted by atomic mass is 10.1. The zero-order valence-corrected chi connectivity index (χ0v) is 12.1. The van der Waals surface area contributed by atoms with Crippen molar-refractivity contribution in [3.05, 3.63) is 0 Å². The lowest BCUT2D eigenvalue weighted by Crippen LogP contribution is -2.51. The Labute approximate surface area is 109 Å². The average Bonchev–Trinajstić information content (AvgIpc) is 2.28. The van der Waals surface area contributed by atoms with Crippen molar-refractivity contribution in [3.63, 3.8) is 0 Å². The maximum absolute atomic E-state index is 11.6. The maximum atomic E-state index is 11.6. The van der Waals surface area contributed by atoms with Crippen molar-refractivity contribution in [2.24, 2.45) is 0 Å². The molecular formula is C11H23N3O3S. The van der Waals surface area contributed by atoms with Gasteiger partial charge < -0.3 is 10.6 Å². The van der Waals surface area contributed by atoms with Crippen LogP contribution in [-0.4, -0.2) is 56.6 Å². The topological polar surface area (TPSA) is 78.5 Å². The molecule has 18 heavy (non-hydrogen) atoms. The van der Waals surface area contributed by atoms with Crippen molar-refractivity contribution in [3.8, 4) is 0 Å². The number of rotatable bonds is 5. The predicted molar refractivity (Wildman–Crippen MR) is 70.7 cm³/mol. The van der Waals surface area contributed by atoms with E-state index in [0.717, 1.165) is 12.8 Å². The number of sulfonamides is 1. The van der Waals surface area contributed by atoms with Gasteiger partial charge >= 0.3 is 0 Å². The maximum Gasteiger partial charge on any atom is 0.236 e. The van der Waals surface area contributed by atoms with E-state index in [1.165, 1.54) is 10.6 Å². The van der Waals surface area contributed by atoms with Crippen LogP contribution in [-0.2, 0) is 14.8 Å². The van der Waals surface area contributed by atoms with Gasteiger partial charge in [0.2, 0.25) is 15.9 Å². The summed E-state index contributed by atoms with van der Waals surface area (Å²) in [6.45, 7) is 5.39. The Morgan fingerprint density at radius 1 is 1.39 bits per heavy atom. The molecule has 1 aliphatic heterocycles. The molecule has 1 heterocycles. The van der Waals surface area contributed by atoms with E-state index in [4.69, 9.17) is 0 Å². The SMILES string of the molecule is CCNC(=O)C(C)NC1CCN(S(C)(=O)=O)CC1. The summed E-state index contributed by atoms with van der Waals surface area (Å²) in [5.74, 6) is -0.0111. The molecule has 1 atom stereocenters. The molecule has 0 aromatic rings. The number of carbonyl (C=O) groups is 1. The summed E-state index contributed by atoms with van der Waals surface area (Å²) in [6.07, 6.45) is 2.73. The third kappa shape index (κ3) is 4.55. The Kier molecular flexibility index (Phi) is 5.55. The third-order valence-electron chi connectivity index (χ3n) is 3.15. The lowest BCUT2D eigenvalue weighted by molar-refractivity contribution is -0.122. The molecule has 1 rings (SSSR count). The number of hydrogen-bond donors (Lipinski definition) is 2. The molecule has 1 fully saturated rings. The Bertz CT molecular complexity index is 375. The summed E-state index contributed by atoms with van der Waals surface area (Å²) < 4.78 is 24.2. The number of hydrogen-bond acceptors (Lipinski definition) is 4. The zero-order valence-electron chi connectivity index (χ0n) is 11.3. The molecule has 0 aliphatic carbocycles.